The first-order valence-electron chi connectivity index (χ1n) is 6.08. The molecule has 0 aliphatic carbocycles. The van der Waals surface area contributed by atoms with Crippen molar-refractivity contribution in [3.8, 4) is 0 Å². The zero-order valence-electron chi connectivity index (χ0n) is 11.4. The molecule has 0 spiro atoms. The van der Waals surface area contributed by atoms with Crippen LogP contribution in [0.4, 0.5) is 5.69 Å². The van der Waals surface area contributed by atoms with Crippen LogP contribution in [0.15, 0.2) is 23.1 Å². The highest BCUT2D eigenvalue weighted by Crippen LogP contribution is 2.20. The van der Waals surface area contributed by atoms with Crippen LogP contribution in [0.3, 0.4) is 0 Å². The third kappa shape index (κ3) is 3.71. The van der Waals surface area contributed by atoms with E-state index in [1.807, 2.05) is 20.8 Å². The van der Waals surface area contributed by atoms with Crippen molar-refractivity contribution >= 4 is 15.7 Å². The Labute approximate surface area is 110 Å². The quantitative estimate of drug-likeness (QED) is 0.807. The van der Waals surface area contributed by atoms with Crippen LogP contribution in [0.5, 0.6) is 0 Å². The summed E-state index contributed by atoms with van der Waals surface area (Å²) in [6, 6.07) is 4.75. The number of anilines is 1. The van der Waals surface area contributed by atoms with Gasteiger partial charge in [0, 0.05) is 11.2 Å². The number of benzene rings is 1. The normalized spacial score (nSPS) is 12.7. The molecule has 5 heteroatoms. The molecule has 0 aliphatic rings. The molecule has 1 aromatic rings. The average Bonchev–Trinajstić information content (AvgIpc) is 2.20. The van der Waals surface area contributed by atoms with Gasteiger partial charge < -0.3 is 5.73 Å². The largest absolute Gasteiger partial charge is 0.399 e. The maximum atomic E-state index is 12.2. The zero-order valence-corrected chi connectivity index (χ0v) is 12.3. The van der Waals surface area contributed by atoms with Gasteiger partial charge in [-0.3, -0.25) is 0 Å². The summed E-state index contributed by atoms with van der Waals surface area (Å²) in [4.78, 5) is 0.262. The first kappa shape index (κ1) is 15.0. The van der Waals surface area contributed by atoms with Gasteiger partial charge in [-0.25, -0.2) is 13.1 Å². The smallest absolute Gasteiger partial charge is 0.241 e. The van der Waals surface area contributed by atoms with Crippen LogP contribution in [-0.2, 0) is 10.0 Å². The van der Waals surface area contributed by atoms with Gasteiger partial charge in [0.05, 0.1) is 4.90 Å². The van der Waals surface area contributed by atoms with Gasteiger partial charge >= 0.3 is 0 Å². The van der Waals surface area contributed by atoms with Crippen molar-refractivity contribution < 1.29 is 8.42 Å². The van der Waals surface area contributed by atoms with E-state index in [2.05, 4.69) is 4.72 Å². The fraction of sp³-hybridized carbons (Fsp3) is 0.538. The van der Waals surface area contributed by atoms with Crippen molar-refractivity contribution in [3.05, 3.63) is 23.8 Å². The highest BCUT2D eigenvalue weighted by Gasteiger charge is 2.25. The minimum absolute atomic E-state index is 0.262. The van der Waals surface area contributed by atoms with Crippen LogP contribution in [-0.4, -0.2) is 14.0 Å². The second kappa shape index (κ2) is 5.28. The molecule has 0 fully saturated rings. The summed E-state index contributed by atoms with van der Waals surface area (Å²) < 4.78 is 27.2. The lowest BCUT2D eigenvalue weighted by atomic mass is 10.0. The lowest BCUT2D eigenvalue weighted by Crippen LogP contribution is -2.43. The van der Waals surface area contributed by atoms with Crippen LogP contribution in [0.25, 0.3) is 0 Å². The van der Waals surface area contributed by atoms with Crippen molar-refractivity contribution in [3.63, 3.8) is 0 Å². The van der Waals surface area contributed by atoms with Gasteiger partial charge in [0.2, 0.25) is 10.0 Å². The van der Waals surface area contributed by atoms with Gasteiger partial charge in [-0.1, -0.05) is 13.3 Å². The Kier molecular flexibility index (Phi) is 4.40. The molecule has 0 saturated carbocycles. The fourth-order valence-electron chi connectivity index (χ4n) is 1.91. The molecule has 0 saturated heterocycles. The topological polar surface area (TPSA) is 72.2 Å². The Balaban J connectivity index is 3.03. The molecular formula is C13H22N2O2S. The van der Waals surface area contributed by atoms with Crippen LogP contribution in [0.2, 0.25) is 0 Å². The SMILES string of the molecule is CCCC(C)(C)NS(=O)(=O)c1ccc(N)c(C)c1. The second-order valence-electron chi connectivity index (χ2n) is 5.26. The van der Waals surface area contributed by atoms with Crippen molar-refractivity contribution in [1.29, 1.82) is 0 Å². The van der Waals surface area contributed by atoms with Crippen LogP contribution >= 0.6 is 0 Å². The summed E-state index contributed by atoms with van der Waals surface area (Å²) in [7, 11) is -3.48. The van der Waals surface area contributed by atoms with Crippen molar-refractivity contribution in [1.82, 2.24) is 4.72 Å². The molecule has 0 bridgehead atoms. The molecule has 1 aromatic carbocycles. The monoisotopic (exact) mass is 270 g/mol. The van der Waals surface area contributed by atoms with E-state index in [9.17, 15) is 8.42 Å². The summed E-state index contributed by atoms with van der Waals surface area (Å²) in [5.74, 6) is 0. The van der Waals surface area contributed by atoms with E-state index in [1.54, 1.807) is 19.1 Å². The Hall–Kier alpha value is -1.07. The molecule has 18 heavy (non-hydrogen) atoms. The molecule has 0 atom stereocenters. The molecule has 0 amide bonds. The van der Waals surface area contributed by atoms with Crippen molar-refractivity contribution in [2.45, 2.75) is 51.0 Å². The molecule has 102 valence electrons. The van der Waals surface area contributed by atoms with Crippen molar-refractivity contribution in [2.75, 3.05) is 5.73 Å². The zero-order chi connectivity index (χ0) is 14.0. The van der Waals surface area contributed by atoms with Gasteiger partial charge in [0.1, 0.15) is 0 Å². The number of sulfonamides is 1. The fourth-order valence-corrected chi connectivity index (χ4v) is 3.44. The van der Waals surface area contributed by atoms with E-state index in [-0.39, 0.29) is 4.90 Å². The maximum absolute atomic E-state index is 12.2. The molecule has 1 rings (SSSR count). The third-order valence-electron chi connectivity index (χ3n) is 2.84. The molecule has 3 N–H and O–H groups in total. The summed E-state index contributed by atoms with van der Waals surface area (Å²) >= 11 is 0. The minimum Gasteiger partial charge on any atom is -0.399 e. The van der Waals surface area contributed by atoms with Gasteiger partial charge in [-0.2, -0.15) is 0 Å². The first-order chi connectivity index (χ1) is 8.18. The van der Waals surface area contributed by atoms with Gasteiger partial charge in [0.15, 0.2) is 0 Å². The molecule has 0 unspecified atom stereocenters. The Morgan fingerprint density at radius 1 is 1.33 bits per heavy atom. The molecule has 0 radical (unpaired) electrons. The molecule has 0 aromatic heterocycles. The summed E-state index contributed by atoms with van der Waals surface area (Å²) in [6.45, 7) is 7.60. The van der Waals surface area contributed by atoms with Crippen LogP contribution in [0, 0.1) is 6.92 Å². The number of nitrogens with two attached hydrogens (primary N) is 1. The van der Waals surface area contributed by atoms with E-state index in [0.717, 1.165) is 18.4 Å². The standard InChI is InChI=1S/C13H22N2O2S/c1-5-8-13(3,4)15-18(16,17)11-6-7-12(14)10(2)9-11/h6-7,9,15H,5,8,14H2,1-4H3. The van der Waals surface area contributed by atoms with E-state index < -0.39 is 15.6 Å². The summed E-state index contributed by atoms with van der Waals surface area (Å²) in [6.07, 6.45) is 1.72. The van der Waals surface area contributed by atoms with Crippen LogP contribution in [0.1, 0.15) is 39.2 Å². The van der Waals surface area contributed by atoms with E-state index >= 15 is 0 Å². The maximum Gasteiger partial charge on any atom is 0.241 e. The number of aryl methyl sites for hydroxylation is 1. The summed E-state index contributed by atoms with van der Waals surface area (Å²) in [5.41, 5.74) is 6.62. The van der Waals surface area contributed by atoms with E-state index in [0.29, 0.717) is 5.69 Å². The first-order valence-corrected chi connectivity index (χ1v) is 7.56. The Bertz CT molecular complexity index is 522. The number of hydrogen-bond acceptors (Lipinski definition) is 3. The number of rotatable bonds is 5. The molecule has 4 nitrogen and oxygen atoms in total. The van der Waals surface area contributed by atoms with Crippen LogP contribution < -0.4 is 10.5 Å². The predicted octanol–water partition coefficient (Wildman–Crippen LogP) is 2.43. The Morgan fingerprint density at radius 3 is 2.44 bits per heavy atom. The van der Waals surface area contributed by atoms with E-state index in [4.69, 9.17) is 5.73 Å². The predicted molar refractivity (Wildman–Crippen MR) is 74.9 cm³/mol. The Morgan fingerprint density at radius 2 is 1.94 bits per heavy atom. The molecular weight excluding hydrogens is 248 g/mol. The highest BCUT2D eigenvalue weighted by molar-refractivity contribution is 7.89. The third-order valence-corrected chi connectivity index (χ3v) is 4.53. The summed E-state index contributed by atoms with van der Waals surface area (Å²) in [5, 5.41) is 0. The minimum atomic E-state index is -3.48. The lowest BCUT2D eigenvalue weighted by Gasteiger charge is -2.25. The van der Waals surface area contributed by atoms with E-state index in [1.165, 1.54) is 6.07 Å². The number of hydrogen-bond donors (Lipinski definition) is 2. The van der Waals surface area contributed by atoms with Gasteiger partial charge in [-0.05, 0) is 51.0 Å². The lowest BCUT2D eigenvalue weighted by molar-refractivity contribution is 0.418. The number of nitrogen functional groups attached to an aromatic ring is 1. The molecule has 0 heterocycles. The number of nitrogens with one attached hydrogen (secondary N) is 1. The van der Waals surface area contributed by atoms with Gasteiger partial charge in [0.25, 0.3) is 0 Å². The second-order valence-corrected chi connectivity index (χ2v) is 6.94. The van der Waals surface area contributed by atoms with Gasteiger partial charge in [-0.15, -0.1) is 0 Å². The van der Waals surface area contributed by atoms with Crippen molar-refractivity contribution in [2.24, 2.45) is 0 Å². The highest BCUT2D eigenvalue weighted by atomic mass is 32.2. The molecule has 0 aliphatic heterocycles. The average molecular weight is 270 g/mol.